The lowest BCUT2D eigenvalue weighted by Gasteiger charge is -2.16. The van der Waals surface area contributed by atoms with Crippen LogP contribution >= 0.6 is 0 Å². The van der Waals surface area contributed by atoms with E-state index in [0.717, 1.165) is 12.1 Å². The molecule has 0 aliphatic carbocycles. The molecular formula is C18H20N2O4. The molecule has 6 heteroatoms. The zero-order valence-electron chi connectivity index (χ0n) is 13.8. The van der Waals surface area contributed by atoms with Crippen LogP contribution in [0.1, 0.15) is 30.4 Å². The predicted octanol–water partition coefficient (Wildman–Crippen LogP) is 2.64. The molecule has 1 amide bonds. The van der Waals surface area contributed by atoms with Gasteiger partial charge in [0, 0.05) is 24.7 Å². The van der Waals surface area contributed by atoms with Gasteiger partial charge in [0.25, 0.3) is 0 Å². The van der Waals surface area contributed by atoms with E-state index in [1.165, 1.54) is 5.56 Å². The Kier molecular flexibility index (Phi) is 4.64. The summed E-state index contributed by atoms with van der Waals surface area (Å²) in [6.07, 6.45) is 1.12. The summed E-state index contributed by atoms with van der Waals surface area (Å²) in [6, 6.07) is 9.56. The molecule has 1 aromatic heterocycles. The van der Waals surface area contributed by atoms with Crippen molar-refractivity contribution in [3.63, 3.8) is 0 Å². The van der Waals surface area contributed by atoms with Crippen LogP contribution in [0.25, 0.3) is 0 Å². The first-order valence-electron chi connectivity index (χ1n) is 8.05. The van der Waals surface area contributed by atoms with Crippen molar-refractivity contribution < 1.29 is 18.8 Å². The minimum atomic E-state index is -0.448. The minimum Gasteiger partial charge on any atom is -0.459 e. The summed E-state index contributed by atoms with van der Waals surface area (Å²) < 4.78 is 10.2. The Morgan fingerprint density at radius 2 is 2.12 bits per heavy atom. The van der Waals surface area contributed by atoms with Gasteiger partial charge in [-0.1, -0.05) is 24.2 Å². The zero-order chi connectivity index (χ0) is 17.1. The normalized spacial score (nSPS) is 17.3. The van der Waals surface area contributed by atoms with Crippen molar-refractivity contribution >= 4 is 17.6 Å². The summed E-state index contributed by atoms with van der Waals surface area (Å²) in [5.74, 6) is -0.217. The quantitative estimate of drug-likeness (QED) is 0.789. The maximum atomic E-state index is 12.2. The van der Waals surface area contributed by atoms with E-state index < -0.39 is 5.92 Å². The van der Waals surface area contributed by atoms with Crippen LogP contribution in [0.2, 0.25) is 0 Å². The average Bonchev–Trinajstić information content (AvgIpc) is 3.18. The van der Waals surface area contributed by atoms with Crippen molar-refractivity contribution in [2.75, 3.05) is 11.4 Å². The molecule has 0 spiro atoms. The maximum absolute atomic E-state index is 12.2. The number of benzene rings is 1. The lowest BCUT2D eigenvalue weighted by Crippen LogP contribution is -2.26. The van der Waals surface area contributed by atoms with Crippen molar-refractivity contribution in [3.8, 4) is 0 Å². The molecule has 1 saturated heterocycles. The number of hydrogen-bond donors (Lipinski definition) is 0. The van der Waals surface area contributed by atoms with Crippen molar-refractivity contribution in [1.82, 2.24) is 5.16 Å². The van der Waals surface area contributed by atoms with E-state index in [2.05, 4.69) is 12.1 Å². The van der Waals surface area contributed by atoms with Gasteiger partial charge in [-0.25, -0.2) is 0 Å². The molecule has 0 radical (unpaired) electrons. The molecule has 2 heterocycles. The second-order valence-corrected chi connectivity index (χ2v) is 5.96. The monoisotopic (exact) mass is 328 g/mol. The minimum absolute atomic E-state index is 0.0570. The van der Waals surface area contributed by atoms with Crippen molar-refractivity contribution in [3.05, 3.63) is 47.3 Å². The lowest BCUT2D eigenvalue weighted by molar-refractivity contribution is -0.149. The fourth-order valence-electron chi connectivity index (χ4n) is 2.78. The van der Waals surface area contributed by atoms with Crippen LogP contribution in [0, 0.1) is 12.8 Å². The van der Waals surface area contributed by atoms with E-state index in [1.807, 2.05) is 24.3 Å². The third-order valence-electron chi connectivity index (χ3n) is 4.15. The van der Waals surface area contributed by atoms with Crippen molar-refractivity contribution in [2.24, 2.45) is 5.92 Å². The molecule has 0 bridgehead atoms. The molecule has 2 aromatic rings. The molecule has 0 saturated carbocycles. The lowest BCUT2D eigenvalue weighted by atomic mass is 10.1. The molecule has 6 nitrogen and oxygen atoms in total. The highest BCUT2D eigenvalue weighted by Gasteiger charge is 2.36. The van der Waals surface area contributed by atoms with E-state index in [4.69, 9.17) is 9.26 Å². The number of ether oxygens (including phenoxy) is 1. The Balaban J connectivity index is 1.59. The van der Waals surface area contributed by atoms with Gasteiger partial charge in [0.15, 0.2) is 0 Å². The number of carbonyl (C=O) groups is 2. The second kappa shape index (κ2) is 6.86. The molecule has 1 fully saturated rings. The highest BCUT2D eigenvalue weighted by Crippen LogP contribution is 2.26. The number of anilines is 1. The average molecular weight is 328 g/mol. The van der Waals surface area contributed by atoms with Crippen molar-refractivity contribution in [1.29, 1.82) is 0 Å². The van der Waals surface area contributed by atoms with Gasteiger partial charge in [-0.15, -0.1) is 0 Å². The van der Waals surface area contributed by atoms with Crippen LogP contribution in [-0.4, -0.2) is 23.6 Å². The summed E-state index contributed by atoms with van der Waals surface area (Å²) in [6.45, 7) is 4.26. The Hall–Kier alpha value is -2.63. The Bertz CT molecular complexity index is 736. The summed E-state index contributed by atoms with van der Waals surface area (Å²) in [5, 5.41) is 3.78. The highest BCUT2D eigenvalue weighted by molar-refractivity contribution is 5.99. The van der Waals surface area contributed by atoms with E-state index in [1.54, 1.807) is 17.9 Å². The third-order valence-corrected chi connectivity index (χ3v) is 4.15. The molecule has 3 rings (SSSR count). The molecule has 1 aliphatic heterocycles. The van der Waals surface area contributed by atoms with E-state index in [9.17, 15) is 9.59 Å². The molecule has 1 aliphatic rings. The van der Waals surface area contributed by atoms with Gasteiger partial charge in [-0.2, -0.15) is 0 Å². The number of carbonyl (C=O) groups excluding carboxylic acids is 2. The first kappa shape index (κ1) is 16.2. The largest absolute Gasteiger partial charge is 0.459 e. The number of aryl methyl sites for hydroxylation is 2. The van der Waals surface area contributed by atoms with Gasteiger partial charge < -0.3 is 14.2 Å². The predicted molar refractivity (Wildman–Crippen MR) is 87.3 cm³/mol. The Morgan fingerprint density at radius 3 is 2.75 bits per heavy atom. The van der Waals surface area contributed by atoms with Gasteiger partial charge in [0.05, 0.1) is 5.92 Å². The number of hydrogen-bond acceptors (Lipinski definition) is 5. The fraction of sp³-hybridized carbons (Fsp3) is 0.389. The molecular weight excluding hydrogens is 308 g/mol. The first-order chi connectivity index (χ1) is 11.6. The van der Waals surface area contributed by atoms with Crippen LogP contribution in [0.4, 0.5) is 5.69 Å². The third kappa shape index (κ3) is 3.48. The van der Waals surface area contributed by atoms with Crippen LogP contribution in [0.15, 0.2) is 34.9 Å². The van der Waals surface area contributed by atoms with Gasteiger partial charge in [0.2, 0.25) is 5.91 Å². The number of rotatable bonds is 5. The van der Waals surface area contributed by atoms with Crippen LogP contribution in [0.5, 0.6) is 0 Å². The van der Waals surface area contributed by atoms with E-state index in [0.29, 0.717) is 18.0 Å². The summed E-state index contributed by atoms with van der Waals surface area (Å²) in [4.78, 5) is 26.0. The maximum Gasteiger partial charge on any atom is 0.311 e. The number of amides is 1. The summed E-state index contributed by atoms with van der Waals surface area (Å²) in [7, 11) is 0. The summed E-state index contributed by atoms with van der Waals surface area (Å²) in [5.41, 5.74) is 2.60. The number of aromatic nitrogens is 1. The molecule has 0 N–H and O–H groups in total. The van der Waals surface area contributed by atoms with Gasteiger partial charge in [-0.05, 0) is 31.0 Å². The second-order valence-electron chi connectivity index (χ2n) is 5.96. The molecule has 1 atom stereocenters. The topological polar surface area (TPSA) is 72.6 Å². The summed E-state index contributed by atoms with van der Waals surface area (Å²) >= 11 is 0. The molecule has 1 aromatic carbocycles. The molecule has 1 unspecified atom stereocenters. The standard InChI is InChI=1S/C18H20N2O4/c1-3-13-4-6-16(7-5-13)20-10-14(9-17(20)21)18(22)23-11-15-8-12(2)24-19-15/h4-8,14H,3,9-11H2,1-2H3. The fourth-order valence-corrected chi connectivity index (χ4v) is 2.78. The highest BCUT2D eigenvalue weighted by atomic mass is 16.5. The molecule has 24 heavy (non-hydrogen) atoms. The van der Waals surface area contributed by atoms with Crippen molar-refractivity contribution in [2.45, 2.75) is 33.3 Å². The Labute approximate surface area is 140 Å². The number of nitrogens with zero attached hydrogens (tertiary/aromatic N) is 2. The SMILES string of the molecule is CCc1ccc(N2CC(C(=O)OCc3cc(C)on3)CC2=O)cc1. The Morgan fingerprint density at radius 1 is 1.38 bits per heavy atom. The van der Waals surface area contributed by atoms with E-state index >= 15 is 0 Å². The number of esters is 1. The van der Waals surface area contributed by atoms with E-state index in [-0.39, 0.29) is 24.9 Å². The van der Waals surface area contributed by atoms with Gasteiger partial charge in [-0.3, -0.25) is 9.59 Å². The molecule has 126 valence electrons. The van der Waals surface area contributed by atoms with Crippen LogP contribution in [-0.2, 0) is 27.4 Å². The smallest absolute Gasteiger partial charge is 0.311 e. The van der Waals surface area contributed by atoms with Crippen LogP contribution < -0.4 is 4.90 Å². The van der Waals surface area contributed by atoms with Gasteiger partial charge in [0.1, 0.15) is 18.1 Å². The first-order valence-corrected chi connectivity index (χ1v) is 8.05. The van der Waals surface area contributed by atoms with Gasteiger partial charge >= 0.3 is 5.97 Å². The van der Waals surface area contributed by atoms with Crippen LogP contribution in [0.3, 0.4) is 0 Å². The zero-order valence-corrected chi connectivity index (χ0v) is 13.8.